The van der Waals surface area contributed by atoms with Crippen LogP contribution in [0.3, 0.4) is 0 Å². The molecule has 1 heterocycles. The van der Waals surface area contributed by atoms with Crippen molar-refractivity contribution in [1.82, 2.24) is 10.6 Å². The Morgan fingerprint density at radius 1 is 1.29 bits per heavy atom. The quantitative estimate of drug-likeness (QED) is 0.891. The first-order valence-electron chi connectivity index (χ1n) is 8.32. The normalized spacial score (nSPS) is 24.7. The lowest BCUT2D eigenvalue weighted by molar-refractivity contribution is -0.134. The number of piperidine rings is 1. The first-order valence-corrected chi connectivity index (χ1v) is 8.32. The van der Waals surface area contributed by atoms with Gasteiger partial charge in [-0.2, -0.15) is 0 Å². The predicted molar refractivity (Wildman–Crippen MR) is 85.3 cm³/mol. The molecule has 3 rings (SSSR count). The molecular formula is C18H22F2N2O2. The molecule has 1 aliphatic heterocycles. The van der Waals surface area contributed by atoms with Crippen LogP contribution in [0.25, 0.3) is 0 Å². The Bertz CT molecular complexity index is 684. The zero-order valence-electron chi connectivity index (χ0n) is 13.9. The van der Waals surface area contributed by atoms with E-state index < -0.39 is 22.6 Å². The van der Waals surface area contributed by atoms with Crippen molar-refractivity contribution in [3.05, 3.63) is 35.4 Å². The zero-order valence-corrected chi connectivity index (χ0v) is 13.9. The van der Waals surface area contributed by atoms with Gasteiger partial charge in [0.15, 0.2) is 0 Å². The number of hydrogen-bond donors (Lipinski definition) is 2. The van der Waals surface area contributed by atoms with Crippen molar-refractivity contribution in [2.45, 2.75) is 62.9 Å². The Labute approximate surface area is 140 Å². The molecule has 2 N–H and O–H groups in total. The summed E-state index contributed by atoms with van der Waals surface area (Å²) in [7, 11) is 0. The third-order valence-corrected chi connectivity index (χ3v) is 5.39. The van der Waals surface area contributed by atoms with Crippen LogP contribution in [-0.4, -0.2) is 23.4 Å². The van der Waals surface area contributed by atoms with Gasteiger partial charge in [0.1, 0.15) is 11.6 Å². The molecule has 1 aliphatic carbocycles. The molecule has 0 aromatic heterocycles. The van der Waals surface area contributed by atoms with E-state index >= 15 is 0 Å². The Kier molecular flexibility index (Phi) is 4.10. The molecular weight excluding hydrogens is 314 g/mol. The molecule has 0 spiro atoms. The minimum Gasteiger partial charge on any atom is -0.350 e. The molecule has 4 nitrogen and oxygen atoms in total. The van der Waals surface area contributed by atoms with Crippen LogP contribution in [0.2, 0.25) is 0 Å². The smallest absolute Gasteiger partial charge is 0.231 e. The Balaban J connectivity index is 1.83. The fourth-order valence-electron chi connectivity index (χ4n) is 3.72. The largest absolute Gasteiger partial charge is 0.350 e. The summed E-state index contributed by atoms with van der Waals surface area (Å²) >= 11 is 0. The summed E-state index contributed by atoms with van der Waals surface area (Å²) in [5.41, 5.74) is -1.24. The summed E-state index contributed by atoms with van der Waals surface area (Å²) in [6, 6.07) is 3.17. The lowest BCUT2D eigenvalue weighted by Crippen LogP contribution is -2.64. The lowest BCUT2D eigenvalue weighted by atomic mass is 9.63. The van der Waals surface area contributed by atoms with Gasteiger partial charge in [-0.3, -0.25) is 9.59 Å². The molecule has 1 saturated carbocycles. The van der Waals surface area contributed by atoms with E-state index in [9.17, 15) is 18.4 Å². The van der Waals surface area contributed by atoms with E-state index in [4.69, 9.17) is 0 Å². The molecule has 2 fully saturated rings. The molecule has 0 radical (unpaired) electrons. The fourth-order valence-corrected chi connectivity index (χ4v) is 3.72. The highest BCUT2D eigenvalue weighted by atomic mass is 19.1. The van der Waals surface area contributed by atoms with Gasteiger partial charge in [-0.1, -0.05) is 12.5 Å². The minimum atomic E-state index is -0.935. The van der Waals surface area contributed by atoms with Crippen molar-refractivity contribution in [3.8, 4) is 0 Å². The van der Waals surface area contributed by atoms with Gasteiger partial charge in [-0.05, 0) is 39.2 Å². The number of carbonyl (C=O) groups is 2. The summed E-state index contributed by atoms with van der Waals surface area (Å²) < 4.78 is 27.4. The molecule has 0 bridgehead atoms. The van der Waals surface area contributed by atoms with Gasteiger partial charge in [-0.25, -0.2) is 8.78 Å². The Morgan fingerprint density at radius 3 is 2.54 bits per heavy atom. The average Bonchev–Trinajstić information content (AvgIpc) is 2.42. The van der Waals surface area contributed by atoms with Gasteiger partial charge < -0.3 is 10.6 Å². The molecule has 1 unspecified atom stereocenters. The Morgan fingerprint density at radius 2 is 2.00 bits per heavy atom. The maximum Gasteiger partial charge on any atom is 0.231 e. The van der Waals surface area contributed by atoms with Gasteiger partial charge >= 0.3 is 0 Å². The predicted octanol–water partition coefficient (Wildman–Crippen LogP) is 2.56. The highest BCUT2D eigenvalue weighted by molar-refractivity contribution is 5.90. The summed E-state index contributed by atoms with van der Waals surface area (Å²) in [5, 5.41) is 5.88. The van der Waals surface area contributed by atoms with Crippen LogP contribution in [0.15, 0.2) is 18.2 Å². The third kappa shape index (κ3) is 2.78. The number of rotatable bonds is 3. The van der Waals surface area contributed by atoms with E-state index in [1.54, 1.807) is 0 Å². The summed E-state index contributed by atoms with van der Waals surface area (Å²) in [5.74, 6) is -1.61. The van der Waals surface area contributed by atoms with Gasteiger partial charge in [0.25, 0.3) is 0 Å². The number of carbonyl (C=O) groups excluding carboxylic acids is 2. The monoisotopic (exact) mass is 336 g/mol. The summed E-state index contributed by atoms with van der Waals surface area (Å²) in [4.78, 5) is 24.5. The van der Waals surface area contributed by atoms with Gasteiger partial charge in [0, 0.05) is 18.1 Å². The molecule has 1 atom stereocenters. The standard InChI is InChI=1S/C18H22F2N2O2/c1-17(2)14(6-7-15(23)22-17)21-16(24)18(8-3-9-18)12-5-4-11(19)10-13(12)20/h4-5,10,14H,3,6-9H2,1-2H3,(H,21,24)(H,22,23). The van der Waals surface area contributed by atoms with Crippen molar-refractivity contribution in [3.63, 3.8) is 0 Å². The van der Waals surface area contributed by atoms with Crippen LogP contribution in [0.5, 0.6) is 0 Å². The molecule has 1 aromatic rings. The summed E-state index contributed by atoms with van der Waals surface area (Å²) in [6.45, 7) is 3.72. The highest BCUT2D eigenvalue weighted by Gasteiger charge is 2.49. The van der Waals surface area contributed by atoms with E-state index in [2.05, 4.69) is 10.6 Å². The SMILES string of the molecule is CC1(C)NC(=O)CCC1NC(=O)C1(c2ccc(F)cc2F)CCC1. The van der Waals surface area contributed by atoms with Crippen LogP contribution < -0.4 is 10.6 Å². The number of halogens is 2. The van der Waals surface area contributed by atoms with Gasteiger partial charge in [-0.15, -0.1) is 0 Å². The molecule has 2 amide bonds. The number of hydrogen-bond acceptors (Lipinski definition) is 2. The van der Waals surface area contributed by atoms with Crippen LogP contribution >= 0.6 is 0 Å². The van der Waals surface area contributed by atoms with Crippen molar-refractivity contribution in [2.75, 3.05) is 0 Å². The van der Waals surface area contributed by atoms with Gasteiger partial charge in [0.2, 0.25) is 11.8 Å². The molecule has 2 aliphatic rings. The third-order valence-electron chi connectivity index (χ3n) is 5.39. The number of amides is 2. The van der Waals surface area contributed by atoms with E-state index in [0.29, 0.717) is 25.7 Å². The molecule has 1 aromatic carbocycles. The second-order valence-electron chi connectivity index (χ2n) is 7.39. The first-order chi connectivity index (χ1) is 11.2. The molecule has 130 valence electrons. The van der Waals surface area contributed by atoms with E-state index in [1.165, 1.54) is 12.1 Å². The number of benzene rings is 1. The first kappa shape index (κ1) is 16.9. The molecule has 6 heteroatoms. The fraction of sp³-hybridized carbons (Fsp3) is 0.556. The second-order valence-corrected chi connectivity index (χ2v) is 7.39. The van der Waals surface area contributed by atoms with E-state index in [-0.39, 0.29) is 23.4 Å². The van der Waals surface area contributed by atoms with Gasteiger partial charge in [0.05, 0.1) is 17.0 Å². The van der Waals surface area contributed by atoms with Crippen molar-refractivity contribution < 1.29 is 18.4 Å². The van der Waals surface area contributed by atoms with Crippen molar-refractivity contribution in [2.24, 2.45) is 0 Å². The van der Waals surface area contributed by atoms with E-state index in [1.807, 2.05) is 13.8 Å². The maximum atomic E-state index is 14.2. The summed E-state index contributed by atoms with van der Waals surface area (Å²) in [6.07, 6.45) is 2.82. The number of nitrogens with one attached hydrogen (secondary N) is 2. The van der Waals surface area contributed by atoms with Crippen LogP contribution in [0.1, 0.15) is 51.5 Å². The molecule has 1 saturated heterocycles. The average molecular weight is 336 g/mol. The topological polar surface area (TPSA) is 58.2 Å². The van der Waals surface area contributed by atoms with Crippen LogP contribution in [0, 0.1) is 11.6 Å². The highest BCUT2D eigenvalue weighted by Crippen LogP contribution is 2.45. The lowest BCUT2D eigenvalue weighted by Gasteiger charge is -2.45. The van der Waals surface area contributed by atoms with Crippen LogP contribution in [-0.2, 0) is 15.0 Å². The molecule has 24 heavy (non-hydrogen) atoms. The zero-order chi connectivity index (χ0) is 17.5. The minimum absolute atomic E-state index is 0.0339. The van der Waals surface area contributed by atoms with E-state index in [0.717, 1.165) is 12.5 Å². The van der Waals surface area contributed by atoms with Crippen molar-refractivity contribution in [1.29, 1.82) is 0 Å². The van der Waals surface area contributed by atoms with Crippen LogP contribution in [0.4, 0.5) is 8.78 Å². The Hall–Kier alpha value is -1.98. The van der Waals surface area contributed by atoms with Crippen molar-refractivity contribution >= 4 is 11.8 Å². The second kappa shape index (κ2) is 5.83. The maximum absolute atomic E-state index is 14.2.